The molecule has 3 aromatic rings. The van der Waals surface area contributed by atoms with Crippen LogP contribution < -0.4 is 19.7 Å². The van der Waals surface area contributed by atoms with Crippen LogP contribution in [0.2, 0.25) is 5.02 Å². The van der Waals surface area contributed by atoms with Crippen molar-refractivity contribution in [2.75, 3.05) is 24.4 Å². The maximum absolute atomic E-state index is 13.5. The highest BCUT2D eigenvalue weighted by Crippen LogP contribution is 2.38. The third kappa shape index (κ3) is 4.15. The number of benzene rings is 3. The third-order valence-corrected chi connectivity index (χ3v) is 5.69. The molecule has 8 heteroatoms. The van der Waals surface area contributed by atoms with Gasteiger partial charge in [0.25, 0.3) is 11.8 Å². The van der Waals surface area contributed by atoms with Crippen molar-refractivity contribution in [2.24, 2.45) is 0 Å². The second-order valence-electron chi connectivity index (χ2n) is 7.33. The van der Waals surface area contributed by atoms with E-state index < -0.39 is 17.6 Å². The van der Waals surface area contributed by atoms with Gasteiger partial charge in [0.2, 0.25) is 0 Å². The number of methoxy groups -OCH3 is 2. The fourth-order valence-electron chi connectivity index (χ4n) is 3.54. The number of carbonyl (C=O) groups is 2. The van der Waals surface area contributed by atoms with Crippen molar-refractivity contribution in [1.29, 1.82) is 0 Å². The zero-order valence-corrected chi connectivity index (χ0v) is 18.9. The van der Waals surface area contributed by atoms with Gasteiger partial charge in [0.1, 0.15) is 11.5 Å². The summed E-state index contributed by atoms with van der Waals surface area (Å²) in [6, 6.07) is 15.4. The Morgan fingerprint density at radius 1 is 0.879 bits per heavy atom. The molecular weight excluding hydrogens is 447 g/mol. The molecule has 0 bridgehead atoms. The lowest BCUT2D eigenvalue weighted by atomic mass is 10.0. The van der Waals surface area contributed by atoms with E-state index in [0.717, 1.165) is 10.5 Å². The van der Waals surface area contributed by atoms with E-state index >= 15 is 0 Å². The van der Waals surface area contributed by atoms with Gasteiger partial charge >= 0.3 is 0 Å². The lowest BCUT2D eigenvalue weighted by Gasteiger charge is -2.17. The fourth-order valence-corrected chi connectivity index (χ4v) is 3.72. The first-order chi connectivity index (χ1) is 15.8. The molecule has 0 unspecified atom stereocenters. The molecule has 0 fully saturated rings. The summed E-state index contributed by atoms with van der Waals surface area (Å²) < 4.78 is 24.1. The first kappa shape index (κ1) is 22.4. The molecule has 168 valence electrons. The number of anilines is 2. The second kappa shape index (κ2) is 8.96. The molecule has 0 aliphatic carbocycles. The van der Waals surface area contributed by atoms with Gasteiger partial charge in [0.15, 0.2) is 11.5 Å². The highest BCUT2D eigenvalue weighted by Gasteiger charge is 2.40. The molecule has 33 heavy (non-hydrogen) atoms. The number of hydrogen-bond donors (Lipinski definition) is 1. The Hall–Kier alpha value is -3.84. The van der Waals surface area contributed by atoms with Crippen molar-refractivity contribution in [3.63, 3.8) is 0 Å². The van der Waals surface area contributed by atoms with Gasteiger partial charge < -0.3 is 14.8 Å². The molecule has 0 atom stereocenters. The predicted octanol–water partition coefficient (Wildman–Crippen LogP) is 5.20. The normalized spacial score (nSPS) is 13.5. The number of halogens is 2. The minimum Gasteiger partial charge on any atom is -0.493 e. The molecule has 1 heterocycles. The molecule has 2 amide bonds. The van der Waals surface area contributed by atoms with Crippen molar-refractivity contribution in [1.82, 2.24) is 0 Å². The van der Waals surface area contributed by atoms with Crippen molar-refractivity contribution in [2.45, 2.75) is 6.92 Å². The Bertz CT molecular complexity index is 1290. The molecule has 0 spiro atoms. The van der Waals surface area contributed by atoms with E-state index in [0.29, 0.717) is 33.5 Å². The molecule has 0 saturated heterocycles. The number of aryl methyl sites for hydroxylation is 1. The van der Waals surface area contributed by atoms with Gasteiger partial charge in [0, 0.05) is 16.8 Å². The molecule has 0 saturated carbocycles. The molecule has 1 aliphatic rings. The monoisotopic (exact) mass is 466 g/mol. The van der Waals surface area contributed by atoms with Crippen LogP contribution in [0.15, 0.2) is 66.4 Å². The zero-order valence-electron chi connectivity index (χ0n) is 18.1. The summed E-state index contributed by atoms with van der Waals surface area (Å²) in [4.78, 5) is 28.0. The predicted molar refractivity (Wildman–Crippen MR) is 125 cm³/mol. The molecule has 1 aliphatic heterocycles. The summed E-state index contributed by atoms with van der Waals surface area (Å²) in [6.45, 7) is 1.86. The SMILES string of the molecule is COc1ccc(N2C(=O)C(Nc3ccc(C)c(Cl)c3)=C(c3ccc(F)cc3)C2=O)cc1OC. The van der Waals surface area contributed by atoms with Crippen LogP contribution in [0.4, 0.5) is 15.8 Å². The average molecular weight is 467 g/mol. The van der Waals surface area contributed by atoms with Crippen LogP contribution in [0.3, 0.4) is 0 Å². The maximum atomic E-state index is 13.5. The number of ether oxygens (including phenoxy) is 2. The van der Waals surface area contributed by atoms with E-state index in [1.54, 1.807) is 36.4 Å². The van der Waals surface area contributed by atoms with Gasteiger partial charge in [-0.2, -0.15) is 0 Å². The van der Waals surface area contributed by atoms with Crippen molar-refractivity contribution >= 4 is 40.4 Å². The standard InChI is InChI=1S/C25H20ClFN2O4/c1-14-4-9-17(12-19(14)26)28-23-22(15-5-7-16(27)8-6-15)24(30)29(25(23)31)18-10-11-20(32-2)21(13-18)33-3/h4-13,28H,1-3H3. The van der Waals surface area contributed by atoms with Crippen LogP contribution in [-0.4, -0.2) is 26.0 Å². The Balaban J connectivity index is 1.82. The van der Waals surface area contributed by atoms with Gasteiger partial charge in [-0.3, -0.25) is 9.59 Å². The Morgan fingerprint density at radius 3 is 2.21 bits per heavy atom. The van der Waals surface area contributed by atoms with Gasteiger partial charge in [-0.1, -0.05) is 29.8 Å². The largest absolute Gasteiger partial charge is 0.493 e. The summed E-state index contributed by atoms with van der Waals surface area (Å²) >= 11 is 6.24. The van der Waals surface area contributed by atoms with Gasteiger partial charge in [-0.05, 0) is 54.4 Å². The van der Waals surface area contributed by atoms with Crippen LogP contribution in [0.5, 0.6) is 11.5 Å². The summed E-state index contributed by atoms with van der Waals surface area (Å²) in [7, 11) is 2.96. The minimum atomic E-state index is -0.566. The van der Waals surface area contributed by atoms with E-state index in [4.69, 9.17) is 21.1 Å². The van der Waals surface area contributed by atoms with Crippen LogP contribution in [0.1, 0.15) is 11.1 Å². The smallest absolute Gasteiger partial charge is 0.282 e. The van der Waals surface area contributed by atoms with Gasteiger partial charge in [0.05, 0.1) is 25.5 Å². The molecule has 3 aromatic carbocycles. The molecule has 0 aromatic heterocycles. The summed E-state index contributed by atoms with van der Waals surface area (Å²) in [6.07, 6.45) is 0. The van der Waals surface area contributed by atoms with Crippen molar-refractivity contribution < 1.29 is 23.5 Å². The van der Waals surface area contributed by atoms with Crippen LogP contribution >= 0.6 is 11.6 Å². The van der Waals surface area contributed by atoms with Crippen molar-refractivity contribution in [3.05, 3.63) is 88.3 Å². The van der Waals surface area contributed by atoms with E-state index in [-0.39, 0.29) is 11.3 Å². The Kier molecular flexibility index (Phi) is 6.07. The topological polar surface area (TPSA) is 67.9 Å². The average Bonchev–Trinajstić information content (AvgIpc) is 3.05. The Labute approximate surface area is 195 Å². The third-order valence-electron chi connectivity index (χ3n) is 5.28. The highest BCUT2D eigenvalue weighted by atomic mass is 35.5. The number of nitrogens with one attached hydrogen (secondary N) is 1. The molecule has 1 N–H and O–H groups in total. The van der Waals surface area contributed by atoms with Crippen LogP contribution in [0, 0.1) is 12.7 Å². The number of carbonyl (C=O) groups excluding carboxylic acids is 2. The van der Waals surface area contributed by atoms with Gasteiger partial charge in [-0.15, -0.1) is 0 Å². The van der Waals surface area contributed by atoms with E-state index in [1.807, 2.05) is 6.92 Å². The number of imide groups is 1. The van der Waals surface area contributed by atoms with Crippen LogP contribution in [-0.2, 0) is 9.59 Å². The fraction of sp³-hybridized carbons (Fsp3) is 0.120. The van der Waals surface area contributed by atoms with Gasteiger partial charge in [-0.25, -0.2) is 9.29 Å². The summed E-state index contributed by atoms with van der Waals surface area (Å²) in [5.74, 6) is -0.749. The van der Waals surface area contributed by atoms with E-state index in [9.17, 15) is 14.0 Å². The zero-order chi connectivity index (χ0) is 23.7. The lowest BCUT2D eigenvalue weighted by molar-refractivity contribution is -0.120. The summed E-state index contributed by atoms with van der Waals surface area (Å²) in [5.41, 5.74) is 2.29. The number of rotatable bonds is 6. The second-order valence-corrected chi connectivity index (χ2v) is 7.74. The number of hydrogen-bond acceptors (Lipinski definition) is 5. The molecular formula is C25H20ClFN2O4. The first-order valence-electron chi connectivity index (χ1n) is 9.98. The molecule has 6 nitrogen and oxygen atoms in total. The van der Waals surface area contributed by atoms with Crippen molar-refractivity contribution in [3.8, 4) is 11.5 Å². The van der Waals surface area contributed by atoms with E-state index in [2.05, 4.69) is 5.32 Å². The quantitative estimate of drug-likeness (QED) is 0.506. The highest BCUT2D eigenvalue weighted by molar-refractivity contribution is 6.46. The minimum absolute atomic E-state index is 0.0568. The first-order valence-corrected chi connectivity index (χ1v) is 10.4. The Morgan fingerprint density at radius 2 is 1.58 bits per heavy atom. The van der Waals surface area contributed by atoms with E-state index in [1.165, 1.54) is 38.5 Å². The lowest BCUT2D eigenvalue weighted by Crippen LogP contribution is -2.32. The maximum Gasteiger partial charge on any atom is 0.282 e. The van der Waals surface area contributed by atoms with Crippen LogP contribution in [0.25, 0.3) is 5.57 Å². The molecule has 0 radical (unpaired) electrons. The summed E-state index contributed by atoms with van der Waals surface area (Å²) in [5, 5.41) is 3.55. The molecule has 4 rings (SSSR count). The number of amides is 2. The number of nitrogens with zero attached hydrogens (tertiary/aromatic N) is 1.